The predicted octanol–water partition coefficient (Wildman–Crippen LogP) is 3.23. The van der Waals surface area contributed by atoms with E-state index in [2.05, 4.69) is 0 Å². The number of hydrogen-bond acceptors (Lipinski definition) is 4. The maximum absolute atomic E-state index is 12.5. The Kier molecular flexibility index (Phi) is 4.99. The van der Waals surface area contributed by atoms with E-state index in [1.165, 1.54) is 0 Å². The number of rotatable bonds is 9. The summed E-state index contributed by atoms with van der Waals surface area (Å²) in [6.07, 6.45) is 9.75. The first-order valence-corrected chi connectivity index (χ1v) is 10.2. The average Bonchev–Trinajstić information content (AvgIpc) is 3.47. The van der Waals surface area contributed by atoms with E-state index in [1.54, 1.807) is 0 Å². The Morgan fingerprint density at radius 3 is 1.88 bits per heavy atom. The number of carbonyl (C=O) groups is 2. The van der Waals surface area contributed by atoms with Crippen LogP contribution in [0, 0.1) is 17.3 Å². The topological polar surface area (TPSA) is 99.7 Å². The molecule has 4 rings (SSSR count). The van der Waals surface area contributed by atoms with Crippen molar-refractivity contribution >= 4 is 11.9 Å². The van der Waals surface area contributed by atoms with E-state index in [0.717, 1.165) is 38.5 Å². The van der Waals surface area contributed by atoms with Crippen molar-refractivity contribution in [3.63, 3.8) is 0 Å². The Bertz CT molecular complexity index is 531. The second-order valence-corrected chi connectivity index (χ2v) is 8.90. The van der Waals surface area contributed by atoms with Crippen LogP contribution >= 0.6 is 0 Å². The molecule has 2 saturated heterocycles. The van der Waals surface area contributed by atoms with E-state index in [-0.39, 0.29) is 18.6 Å². The second kappa shape index (κ2) is 7.12. The molecule has 2 aliphatic carbocycles. The molecule has 26 heavy (non-hydrogen) atoms. The smallest absolute Gasteiger partial charge is 0.309 e. The molecule has 0 aromatic heterocycles. The van der Waals surface area contributed by atoms with Gasteiger partial charge >= 0.3 is 11.9 Å². The Labute approximate surface area is 154 Å². The van der Waals surface area contributed by atoms with Gasteiger partial charge in [0.25, 0.3) is 0 Å². The predicted molar refractivity (Wildman–Crippen MR) is 92.8 cm³/mol. The van der Waals surface area contributed by atoms with Crippen molar-refractivity contribution < 1.29 is 29.3 Å². The zero-order chi connectivity index (χ0) is 18.3. The van der Waals surface area contributed by atoms with Gasteiger partial charge in [0.1, 0.15) is 0 Å². The molecule has 0 aromatic carbocycles. The number of carboxylic acids is 2. The minimum atomic E-state index is -0.851. The summed E-state index contributed by atoms with van der Waals surface area (Å²) in [6, 6.07) is 0. The summed E-state index contributed by atoms with van der Waals surface area (Å²) in [5, 5.41) is 19.2. The van der Waals surface area contributed by atoms with Crippen LogP contribution in [-0.4, -0.2) is 46.6 Å². The highest BCUT2D eigenvalue weighted by Gasteiger charge is 2.54. The van der Waals surface area contributed by atoms with E-state index in [1.807, 2.05) is 0 Å². The molecule has 2 heterocycles. The molecule has 6 heteroatoms. The Balaban J connectivity index is 1.49. The van der Waals surface area contributed by atoms with Crippen LogP contribution in [0.3, 0.4) is 0 Å². The number of fused-ring (bicyclic) bond motifs is 2. The molecular formula is C20H30O6. The number of carboxylic acid groups (broad SMARTS) is 2. The van der Waals surface area contributed by atoms with E-state index in [0.29, 0.717) is 49.7 Å². The van der Waals surface area contributed by atoms with Crippen LogP contribution in [0.15, 0.2) is 0 Å². The quantitative estimate of drug-likeness (QED) is 0.608. The molecular weight excluding hydrogens is 336 g/mol. The van der Waals surface area contributed by atoms with Crippen LogP contribution < -0.4 is 0 Å². The Morgan fingerprint density at radius 1 is 0.885 bits per heavy atom. The highest BCUT2D eigenvalue weighted by Crippen LogP contribution is 2.52. The molecule has 0 radical (unpaired) electrons. The van der Waals surface area contributed by atoms with Crippen LogP contribution in [0.4, 0.5) is 0 Å². The molecule has 2 N–H and O–H groups in total. The number of aliphatic carboxylic acids is 2. The van der Waals surface area contributed by atoms with Gasteiger partial charge in [-0.05, 0) is 63.2 Å². The van der Waals surface area contributed by atoms with Crippen LogP contribution in [0.1, 0.15) is 70.6 Å². The molecule has 0 spiro atoms. The summed E-state index contributed by atoms with van der Waals surface area (Å²) in [4.78, 5) is 23.4. The van der Waals surface area contributed by atoms with Crippen molar-refractivity contribution in [1.29, 1.82) is 0 Å². The fraction of sp³-hybridized carbons (Fsp3) is 0.900. The second-order valence-electron chi connectivity index (χ2n) is 8.90. The fourth-order valence-corrected chi connectivity index (χ4v) is 5.69. The molecule has 6 atom stereocenters. The number of epoxide rings is 2. The van der Waals surface area contributed by atoms with Crippen molar-refractivity contribution in [3.05, 3.63) is 0 Å². The van der Waals surface area contributed by atoms with Crippen LogP contribution in [-0.2, 0) is 19.1 Å². The van der Waals surface area contributed by atoms with E-state index in [4.69, 9.17) is 14.6 Å². The first kappa shape index (κ1) is 18.2. The van der Waals surface area contributed by atoms with Crippen LogP contribution in [0.25, 0.3) is 0 Å². The van der Waals surface area contributed by atoms with E-state index < -0.39 is 17.4 Å². The van der Waals surface area contributed by atoms with Gasteiger partial charge < -0.3 is 19.7 Å². The standard InChI is InChI=1S/C20H30O6/c21-16(22)8-3-9-20(19(23)24,10-12-4-1-6-14-17(12)25-14)11-13-5-2-7-15-18(13)26-15/h12-15,17-18H,1-11H2,(H,21,22)(H,23,24). The summed E-state index contributed by atoms with van der Waals surface area (Å²) in [7, 11) is 0. The SMILES string of the molecule is O=C(O)CCCC(CC1CCCC2OC12)(CC1CCCC2OC12)C(=O)O. The molecule has 2 aliphatic heterocycles. The first-order valence-electron chi connectivity index (χ1n) is 10.2. The summed E-state index contributed by atoms with van der Waals surface area (Å²) >= 11 is 0. The molecule has 2 saturated carbocycles. The van der Waals surface area contributed by atoms with Crippen molar-refractivity contribution in [2.24, 2.45) is 17.3 Å². The number of hydrogen-bond donors (Lipinski definition) is 2. The van der Waals surface area contributed by atoms with Gasteiger partial charge in [0.15, 0.2) is 0 Å². The van der Waals surface area contributed by atoms with Gasteiger partial charge in [-0.25, -0.2) is 0 Å². The van der Waals surface area contributed by atoms with Gasteiger partial charge in [0.2, 0.25) is 0 Å². The normalized spacial score (nSPS) is 40.0. The monoisotopic (exact) mass is 366 g/mol. The van der Waals surface area contributed by atoms with Crippen molar-refractivity contribution in [2.45, 2.75) is 95.0 Å². The molecule has 0 amide bonds. The van der Waals surface area contributed by atoms with E-state index >= 15 is 0 Å². The lowest BCUT2D eigenvalue weighted by Crippen LogP contribution is -2.39. The summed E-state index contributed by atoms with van der Waals surface area (Å²) in [6.45, 7) is 0. The average molecular weight is 366 g/mol. The number of ether oxygens (including phenoxy) is 2. The summed E-state index contributed by atoms with van der Waals surface area (Å²) < 4.78 is 11.5. The largest absolute Gasteiger partial charge is 0.481 e. The zero-order valence-corrected chi connectivity index (χ0v) is 15.3. The third-order valence-electron chi connectivity index (χ3n) is 7.11. The first-order chi connectivity index (χ1) is 12.5. The van der Waals surface area contributed by atoms with Crippen LogP contribution in [0.2, 0.25) is 0 Å². The lowest BCUT2D eigenvalue weighted by Gasteiger charge is -2.37. The van der Waals surface area contributed by atoms with Gasteiger partial charge in [0.05, 0.1) is 29.8 Å². The third kappa shape index (κ3) is 3.77. The molecule has 6 nitrogen and oxygen atoms in total. The van der Waals surface area contributed by atoms with E-state index in [9.17, 15) is 14.7 Å². The van der Waals surface area contributed by atoms with Gasteiger partial charge in [0, 0.05) is 6.42 Å². The molecule has 146 valence electrons. The lowest BCUT2D eigenvalue weighted by atomic mass is 9.66. The maximum Gasteiger partial charge on any atom is 0.309 e. The van der Waals surface area contributed by atoms with Gasteiger partial charge in [-0.15, -0.1) is 0 Å². The summed E-state index contributed by atoms with van der Waals surface area (Å²) in [5.74, 6) is -1.01. The molecule has 0 bridgehead atoms. The molecule has 0 aromatic rings. The van der Waals surface area contributed by atoms with Crippen molar-refractivity contribution in [2.75, 3.05) is 0 Å². The highest BCUT2D eigenvalue weighted by atomic mass is 16.6. The van der Waals surface area contributed by atoms with Gasteiger partial charge in [-0.1, -0.05) is 12.8 Å². The Hall–Kier alpha value is -1.14. The third-order valence-corrected chi connectivity index (χ3v) is 7.11. The van der Waals surface area contributed by atoms with Gasteiger partial charge in [-0.2, -0.15) is 0 Å². The Morgan fingerprint density at radius 2 is 1.42 bits per heavy atom. The molecule has 4 aliphatic rings. The maximum atomic E-state index is 12.5. The minimum Gasteiger partial charge on any atom is -0.481 e. The van der Waals surface area contributed by atoms with Crippen LogP contribution in [0.5, 0.6) is 0 Å². The molecule has 4 fully saturated rings. The summed E-state index contributed by atoms with van der Waals surface area (Å²) in [5.41, 5.74) is -0.841. The fourth-order valence-electron chi connectivity index (χ4n) is 5.69. The zero-order valence-electron chi connectivity index (χ0n) is 15.3. The minimum absolute atomic E-state index is 0.0372. The van der Waals surface area contributed by atoms with Crippen molar-refractivity contribution in [1.82, 2.24) is 0 Å². The van der Waals surface area contributed by atoms with Crippen molar-refractivity contribution in [3.8, 4) is 0 Å². The molecule has 6 unspecified atom stereocenters. The highest BCUT2D eigenvalue weighted by molar-refractivity contribution is 5.75. The van der Waals surface area contributed by atoms with Gasteiger partial charge in [-0.3, -0.25) is 9.59 Å². The lowest BCUT2D eigenvalue weighted by molar-refractivity contribution is -0.153.